The summed E-state index contributed by atoms with van der Waals surface area (Å²) in [4.78, 5) is 10.7. The van der Waals surface area contributed by atoms with Gasteiger partial charge in [-0.25, -0.2) is 0 Å². The largest absolute Gasteiger partial charge is 0.376 e. The topological polar surface area (TPSA) is 26.3 Å². The smallest absolute Gasteiger partial charge is 0.150 e. The van der Waals surface area contributed by atoms with Crippen molar-refractivity contribution in [2.45, 2.75) is 18.9 Å². The molecular weight excluding hydrogens is 212 g/mol. The Morgan fingerprint density at radius 1 is 1.47 bits per heavy atom. The first-order valence-electron chi connectivity index (χ1n) is 5.03. The average molecular weight is 225 g/mol. The van der Waals surface area contributed by atoms with Crippen LogP contribution in [0, 0.1) is 5.92 Å². The van der Waals surface area contributed by atoms with Gasteiger partial charge in [0.2, 0.25) is 0 Å². The van der Waals surface area contributed by atoms with Crippen molar-refractivity contribution in [1.29, 1.82) is 0 Å². The van der Waals surface area contributed by atoms with Gasteiger partial charge in [-0.05, 0) is 42.5 Å². The van der Waals surface area contributed by atoms with Gasteiger partial charge in [-0.1, -0.05) is 11.6 Å². The van der Waals surface area contributed by atoms with Crippen molar-refractivity contribution in [3.05, 3.63) is 34.3 Å². The van der Waals surface area contributed by atoms with Gasteiger partial charge in [-0.3, -0.25) is 4.79 Å². The molecule has 2 rings (SSSR count). The summed E-state index contributed by atoms with van der Waals surface area (Å²) in [6.45, 7) is 0. The van der Waals surface area contributed by atoms with E-state index in [0.29, 0.717) is 16.5 Å². The quantitative estimate of drug-likeness (QED) is 0.734. The van der Waals surface area contributed by atoms with E-state index in [1.54, 1.807) is 13.2 Å². The summed E-state index contributed by atoms with van der Waals surface area (Å²) in [5, 5.41) is 0.595. The standard InChI is InChI=1S/C12H13ClO2/c1-15-12(9-2-3-9)10-4-8(7-14)5-11(13)6-10/h4-7,9,12H,2-3H2,1H3. The van der Waals surface area contributed by atoms with Gasteiger partial charge < -0.3 is 4.74 Å². The molecule has 0 heterocycles. The van der Waals surface area contributed by atoms with Gasteiger partial charge in [0.15, 0.2) is 0 Å². The molecule has 80 valence electrons. The van der Waals surface area contributed by atoms with Crippen LogP contribution in [0.4, 0.5) is 0 Å². The molecule has 0 bridgehead atoms. The van der Waals surface area contributed by atoms with Crippen molar-refractivity contribution in [3.63, 3.8) is 0 Å². The Morgan fingerprint density at radius 3 is 2.73 bits per heavy atom. The molecule has 1 aromatic carbocycles. The molecular formula is C12H13ClO2. The number of halogens is 1. The molecule has 0 aliphatic heterocycles. The van der Waals surface area contributed by atoms with Gasteiger partial charge in [0.05, 0.1) is 6.10 Å². The normalized spacial score (nSPS) is 17.5. The minimum atomic E-state index is 0.0856. The fraction of sp³-hybridized carbons (Fsp3) is 0.417. The molecule has 1 fully saturated rings. The summed E-state index contributed by atoms with van der Waals surface area (Å²) < 4.78 is 5.44. The van der Waals surface area contributed by atoms with Crippen LogP contribution in [0.5, 0.6) is 0 Å². The fourth-order valence-corrected chi connectivity index (χ4v) is 2.12. The van der Waals surface area contributed by atoms with Crippen LogP contribution >= 0.6 is 11.6 Å². The molecule has 1 aliphatic carbocycles. The van der Waals surface area contributed by atoms with Crippen LogP contribution in [-0.4, -0.2) is 13.4 Å². The number of methoxy groups -OCH3 is 1. The Kier molecular flexibility index (Phi) is 3.08. The second kappa shape index (κ2) is 4.33. The van der Waals surface area contributed by atoms with Crippen LogP contribution in [0.15, 0.2) is 18.2 Å². The summed E-state index contributed by atoms with van der Waals surface area (Å²) in [6, 6.07) is 5.39. The zero-order valence-electron chi connectivity index (χ0n) is 8.57. The van der Waals surface area contributed by atoms with E-state index in [0.717, 1.165) is 11.8 Å². The van der Waals surface area contributed by atoms with Crippen LogP contribution < -0.4 is 0 Å². The van der Waals surface area contributed by atoms with Crippen LogP contribution in [0.3, 0.4) is 0 Å². The molecule has 0 amide bonds. The lowest BCUT2D eigenvalue weighted by molar-refractivity contribution is 0.0845. The lowest BCUT2D eigenvalue weighted by Crippen LogP contribution is -2.04. The highest BCUT2D eigenvalue weighted by Crippen LogP contribution is 2.43. The Balaban J connectivity index is 2.32. The minimum absolute atomic E-state index is 0.0856. The summed E-state index contributed by atoms with van der Waals surface area (Å²) in [5.74, 6) is 0.591. The second-order valence-corrected chi connectivity index (χ2v) is 4.37. The number of rotatable bonds is 4. The van der Waals surface area contributed by atoms with E-state index >= 15 is 0 Å². The highest BCUT2D eigenvalue weighted by Gasteiger charge is 2.32. The number of aldehydes is 1. The van der Waals surface area contributed by atoms with Gasteiger partial charge >= 0.3 is 0 Å². The molecule has 15 heavy (non-hydrogen) atoms. The predicted octanol–water partition coefficient (Wildman–Crippen LogP) is 3.25. The Morgan fingerprint density at radius 2 is 2.20 bits per heavy atom. The van der Waals surface area contributed by atoms with Crippen LogP contribution in [-0.2, 0) is 4.74 Å². The number of ether oxygens (including phenoxy) is 1. The van der Waals surface area contributed by atoms with Crippen molar-refractivity contribution in [2.24, 2.45) is 5.92 Å². The number of carbonyl (C=O) groups excluding carboxylic acids is 1. The summed E-state index contributed by atoms with van der Waals surface area (Å²) in [5.41, 5.74) is 1.62. The number of carbonyl (C=O) groups is 1. The van der Waals surface area contributed by atoms with E-state index in [9.17, 15) is 4.79 Å². The molecule has 1 aliphatic rings. The number of hydrogen-bond donors (Lipinski definition) is 0. The first kappa shape index (κ1) is 10.7. The predicted molar refractivity (Wildman–Crippen MR) is 59.3 cm³/mol. The van der Waals surface area contributed by atoms with Gasteiger partial charge in [-0.15, -0.1) is 0 Å². The highest BCUT2D eigenvalue weighted by atomic mass is 35.5. The van der Waals surface area contributed by atoms with Gasteiger partial charge in [-0.2, -0.15) is 0 Å². The molecule has 1 aromatic rings. The van der Waals surface area contributed by atoms with Gasteiger partial charge in [0.1, 0.15) is 6.29 Å². The van der Waals surface area contributed by atoms with Gasteiger partial charge in [0.25, 0.3) is 0 Å². The van der Waals surface area contributed by atoms with Crippen molar-refractivity contribution < 1.29 is 9.53 Å². The lowest BCUT2D eigenvalue weighted by Gasteiger charge is -2.15. The molecule has 0 N–H and O–H groups in total. The zero-order valence-corrected chi connectivity index (χ0v) is 9.33. The number of benzene rings is 1. The maximum atomic E-state index is 10.7. The van der Waals surface area contributed by atoms with Crippen molar-refractivity contribution in [2.75, 3.05) is 7.11 Å². The first-order valence-corrected chi connectivity index (χ1v) is 5.41. The number of hydrogen-bond acceptors (Lipinski definition) is 2. The molecule has 0 radical (unpaired) electrons. The van der Waals surface area contributed by atoms with Crippen molar-refractivity contribution >= 4 is 17.9 Å². The minimum Gasteiger partial charge on any atom is -0.376 e. The summed E-state index contributed by atoms with van der Waals surface area (Å²) in [7, 11) is 1.70. The summed E-state index contributed by atoms with van der Waals surface area (Å²) in [6.07, 6.45) is 3.29. The maximum Gasteiger partial charge on any atom is 0.150 e. The van der Waals surface area contributed by atoms with Crippen LogP contribution in [0.2, 0.25) is 5.02 Å². The highest BCUT2D eigenvalue weighted by molar-refractivity contribution is 6.30. The van der Waals surface area contributed by atoms with E-state index in [4.69, 9.17) is 16.3 Å². The molecule has 3 heteroatoms. The molecule has 0 saturated heterocycles. The average Bonchev–Trinajstić information content (AvgIpc) is 3.02. The third-order valence-corrected chi connectivity index (χ3v) is 2.93. The monoisotopic (exact) mass is 224 g/mol. The van der Waals surface area contributed by atoms with Crippen LogP contribution in [0.25, 0.3) is 0 Å². The first-order chi connectivity index (χ1) is 7.24. The van der Waals surface area contributed by atoms with E-state index in [1.807, 2.05) is 12.1 Å². The SMILES string of the molecule is COC(c1cc(Cl)cc(C=O)c1)C1CC1. The summed E-state index contributed by atoms with van der Waals surface area (Å²) >= 11 is 5.94. The molecule has 2 nitrogen and oxygen atoms in total. The third-order valence-electron chi connectivity index (χ3n) is 2.71. The van der Waals surface area contributed by atoms with Crippen LogP contribution in [0.1, 0.15) is 34.9 Å². The van der Waals surface area contributed by atoms with E-state index < -0.39 is 0 Å². The Labute approximate surface area is 94.2 Å². The third kappa shape index (κ3) is 2.39. The second-order valence-electron chi connectivity index (χ2n) is 3.93. The van der Waals surface area contributed by atoms with Crippen molar-refractivity contribution in [3.8, 4) is 0 Å². The van der Waals surface area contributed by atoms with E-state index in [-0.39, 0.29) is 6.10 Å². The van der Waals surface area contributed by atoms with Crippen molar-refractivity contribution in [1.82, 2.24) is 0 Å². The molecule has 1 saturated carbocycles. The molecule has 1 atom stereocenters. The zero-order chi connectivity index (χ0) is 10.8. The van der Waals surface area contributed by atoms with E-state index in [1.165, 1.54) is 12.8 Å². The van der Waals surface area contributed by atoms with Gasteiger partial charge in [0, 0.05) is 17.7 Å². The molecule has 0 spiro atoms. The fourth-order valence-electron chi connectivity index (χ4n) is 1.87. The molecule has 1 unspecified atom stereocenters. The Hall–Kier alpha value is -0.860. The molecule has 0 aromatic heterocycles. The lowest BCUT2D eigenvalue weighted by atomic mass is 10.0. The Bertz CT molecular complexity index is 372. The van der Waals surface area contributed by atoms with E-state index in [2.05, 4.69) is 0 Å². The maximum absolute atomic E-state index is 10.7.